The minimum absolute atomic E-state index is 0.0471. The minimum Gasteiger partial charge on any atom is -0.494 e. The number of carbonyl (C=O) groups excluding carboxylic acids is 1. The molecule has 134 valence electrons. The highest BCUT2D eigenvalue weighted by atomic mass is 79.9. The maximum Gasteiger partial charge on any atom is 0.188 e. The molecule has 0 spiro atoms. The summed E-state index contributed by atoms with van der Waals surface area (Å²) in [6.07, 6.45) is 3.53. The van der Waals surface area contributed by atoms with Gasteiger partial charge in [0.05, 0.1) is 21.9 Å². The van der Waals surface area contributed by atoms with Gasteiger partial charge in [-0.3, -0.25) is 4.79 Å². The first-order valence-electron chi connectivity index (χ1n) is 7.95. The molecule has 0 atom stereocenters. The van der Waals surface area contributed by atoms with E-state index in [1.165, 1.54) is 23.1 Å². The van der Waals surface area contributed by atoms with E-state index in [0.717, 1.165) is 30.6 Å². The number of hydrogen-bond donors (Lipinski definition) is 1. The van der Waals surface area contributed by atoms with Crippen LogP contribution in [0, 0.1) is 0 Å². The molecule has 1 N–H and O–H groups in total. The second-order valence-corrected chi connectivity index (χ2v) is 8.08. The molecular weight excluding hydrogens is 432 g/mol. The molecule has 0 aliphatic rings. The van der Waals surface area contributed by atoms with Crippen molar-refractivity contribution in [1.82, 2.24) is 4.98 Å². The molecule has 26 heavy (non-hydrogen) atoms. The number of halogens is 1. The number of fused-ring (bicyclic) bond motifs is 1. The van der Waals surface area contributed by atoms with Gasteiger partial charge in [-0.2, -0.15) is 0 Å². The summed E-state index contributed by atoms with van der Waals surface area (Å²) in [7, 11) is 0. The highest BCUT2D eigenvalue weighted by molar-refractivity contribution is 9.10. The predicted molar refractivity (Wildman–Crippen MR) is 114 cm³/mol. The molecule has 0 unspecified atom stereocenters. The summed E-state index contributed by atoms with van der Waals surface area (Å²) in [6, 6.07) is 13.2. The van der Waals surface area contributed by atoms with Gasteiger partial charge < -0.3 is 10.1 Å². The van der Waals surface area contributed by atoms with Gasteiger partial charge >= 0.3 is 0 Å². The number of ether oxygens (including phenoxy) is 1. The molecule has 1 aromatic heterocycles. The van der Waals surface area contributed by atoms with Crippen LogP contribution < -0.4 is 10.1 Å². The average Bonchev–Trinajstić information content (AvgIpc) is 3.03. The number of anilines is 1. The van der Waals surface area contributed by atoms with Crippen LogP contribution in [0.3, 0.4) is 0 Å². The third-order valence-corrected chi connectivity index (χ3v) is 5.63. The summed E-state index contributed by atoms with van der Waals surface area (Å²) in [5.41, 5.74) is 1.55. The normalized spacial score (nSPS) is 11.6. The molecule has 0 radical (unpaired) electrons. The van der Waals surface area contributed by atoms with Crippen molar-refractivity contribution in [1.29, 1.82) is 0 Å². The Balaban J connectivity index is 1.79. The highest BCUT2D eigenvalue weighted by Crippen LogP contribution is 2.31. The van der Waals surface area contributed by atoms with Crippen molar-refractivity contribution in [2.75, 3.05) is 18.2 Å². The van der Waals surface area contributed by atoms with E-state index in [1.54, 1.807) is 18.2 Å². The van der Waals surface area contributed by atoms with Crippen molar-refractivity contribution in [3.63, 3.8) is 0 Å². The predicted octanol–water partition coefficient (Wildman–Crippen LogP) is 5.96. The molecule has 0 saturated carbocycles. The number of thiazole rings is 1. The first-order valence-corrected chi connectivity index (χ1v) is 10.8. The monoisotopic (exact) mass is 448 g/mol. The lowest BCUT2D eigenvalue weighted by molar-refractivity contribution is 0.104. The van der Waals surface area contributed by atoms with Crippen molar-refractivity contribution in [2.24, 2.45) is 0 Å². The van der Waals surface area contributed by atoms with Crippen molar-refractivity contribution in [3.05, 3.63) is 63.6 Å². The summed E-state index contributed by atoms with van der Waals surface area (Å²) in [6.45, 7) is 2.59. The fourth-order valence-electron chi connectivity index (χ4n) is 2.28. The van der Waals surface area contributed by atoms with E-state index in [0.29, 0.717) is 12.2 Å². The van der Waals surface area contributed by atoms with Gasteiger partial charge in [0.15, 0.2) is 10.9 Å². The minimum atomic E-state index is -0.0471. The van der Waals surface area contributed by atoms with E-state index in [2.05, 4.69) is 26.2 Å². The van der Waals surface area contributed by atoms with Gasteiger partial charge in [-0.1, -0.05) is 27.3 Å². The summed E-state index contributed by atoms with van der Waals surface area (Å²) in [5, 5.41) is 4.74. The standard InChI is InChI=1S/C19H17BrN2O2S2/c1-3-24-14-8-9-15-17(10-14)26-19(21-15)22-18(25-2)11-16(23)12-4-6-13(20)7-5-12/h4-11H,3H2,1-2H3,(H,21,22)/b18-11+. The number of aromatic nitrogens is 1. The van der Waals surface area contributed by atoms with Crippen LogP contribution in [-0.2, 0) is 0 Å². The molecule has 1 heterocycles. The molecular formula is C19H17BrN2O2S2. The second kappa shape index (κ2) is 8.70. The Morgan fingerprint density at radius 1 is 1.31 bits per heavy atom. The maximum absolute atomic E-state index is 12.4. The molecule has 0 bridgehead atoms. The fraction of sp³-hybridized carbons (Fsp3) is 0.158. The van der Waals surface area contributed by atoms with Crippen LogP contribution in [-0.4, -0.2) is 23.6 Å². The van der Waals surface area contributed by atoms with Gasteiger partial charge in [0, 0.05) is 16.1 Å². The molecule has 0 fully saturated rings. The Labute approximate surface area is 168 Å². The lowest BCUT2D eigenvalue weighted by atomic mass is 10.1. The number of thioether (sulfide) groups is 1. The van der Waals surface area contributed by atoms with Crippen molar-refractivity contribution in [2.45, 2.75) is 6.92 Å². The highest BCUT2D eigenvalue weighted by Gasteiger charge is 2.09. The molecule has 7 heteroatoms. The number of carbonyl (C=O) groups is 1. The summed E-state index contributed by atoms with van der Waals surface area (Å²) in [4.78, 5) is 17.0. The lowest BCUT2D eigenvalue weighted by Gasteiger charge is -2.05. The molecule has 2 aromatic carbocycles. The van der Waals surface area contributed by atoms with Gasteiger partial charge in [-0.25, -0.2) is 4.98 Å². The van der Waals surface area contributed by atoms with Crippen molar-refractivity contribution < 1.29 is 9.53 Å². The maximum atomic E-state index is 12.4. The quantitative estimate of drug-likeness (QED) is 0.357. The second-order valence-electron chi connectivity index (χ2n) is 5.29. The molecule has 3 rings (SSSR count). The Morgan fingerprint density at radius 3 is 2.77 bits per heavy atom. The van der Waals surface area contributed by atoms with Crippen LogP contribution in [0.1, 0.15) is 17.3 Å². The van der Waals surface area contributed by atoms with Crippen molar-refractivity contribution >= 4 is 60.2 Å². The number of hydrogen-bond acceptors (Lipinski definition) is 6. The van der Waals surface area contributed by atoms with Crippen LogP contribution in [0.15, 0.2) is 58.0 Å². The van der Waals surface area contributed by atoms with E-state index in [1.807, 2.05) is 43.5 Å². The van der Waals surface area contributed by atoms with Crippen LogP contribution in [0.4, 0.5) is 5.13 Å². The number of ketones is 1. The summed E-state index contributed by atoms with van der Waals surface area (Å²) < 4.78 is 7.52. The smallest absolute Gasteiger partial charge is 0.188 e. The lowest BCUT2D eigenvalue weighted by Crippen LogP contribution is -2.01. The third-order valence-electron chi connectivity index (χ3n) is 3.51. The third kappa shape index (κ3) is 4.66. The Bertz CT molecular complexity index is 952. The van der Waals surface area contributed by atoms with Crippen molar-refractivity contribution in [3.8, 4) is 5.75 Å². The number of allylic oxidation sites excluding steroid dienone is 1. The van der Waals surface area contributed by atoms with Gasteiger partial charge in [0.2, 0.25) is 0 Å². The molecule has 0 aliphatic heterocycles. The zero-order valence-corrected chi connectivity index (χ0v) is 17.5. The Hall–Kier alpha value is -1.83. The largest absolute Gasteiger partial charge is 0.494 e. The van der Waals surface area contributed by atoms with E-state index >= 15 is 0 Å². The fourth-order valence-corrected chi connectivity index (χ4v) is 3.94. The first-order chi connectivity index (χ1) is 12.6. The topological polar surface area (TPSA) is 51.2 Å². The SMILES string of the molecule is CCOc1ccc2nc(N/C(=C\C(=O)c3ccc(Br)cc3)SC)sc2c1. The molecule has 3 aromatic rings. The van der Waals surface area contributed by atoms with Crippen LogP contribution >= 0.6 is 39.0 Å². The number of rotatable bonds is 7. The van der Waals surface area contributed by atoms with Gasteiger partial charge in [0.25, 0.3) is 0 Å². The van der Waals surface area contributed by atoms with E-state index < -0.39 is 0 Å². The Kier molecular flexibility index (Phi) is 6.34. The number of benzene rings is 2. The molecule has 4 nitrogen and oxygen atoms in total. The Morgan fingerprint density at radius 2 is 2.08 bits per heavy atom. The van der Waals surface area contributed by atoms with Gasteiger partial charge in [-0.15, -0.1) is 11.8 Å². The van der Waals surface area contributed by atoms with Gasteiger partial charge in [-0.05, 0) is 55.6 Å². The van der Waals surface area contributed by atoms with E-state index in [-0.39, 0.29) is 5.78 Å². The van der Waals surface area contributed by atoms with E-state index in [4.69, 9.17) is 4.74 Å². The summed E-state index contributed by atoms with van der Waals surface area (Å²) in [5.74, 6) is 0.787. The summed E-state index contributed by atoms with van der Waals surface area (Å²) >= 11 is 6.38. The molecule has 0 saturated heterocycles. The first kappa shape index (κ1) is 18.9. The number of nitrogens with zero attached hydrogens (tertiary/aromatic N) is 1. The van der Waals surface area contributed by atoms with Crippen LogP contribution in [0.25, 0.3) is 10.2 Å². The van der Waals surface area contributed by atoms with Crippen LogP contribution in [0.5, 0.6) is 5.75 Å². The average molecular weight is 449 g/mol. The molecule has 0 aliphatic carbocycles. The van der Waals surface area contributed by atoms with E-state index in [9.17, 15) is 4.79 Å². The van der Waals surface area contributed by atoms with Gasteiger partial charge in [0.1, 0.15) is 5.75 Å². The van der Waals surface area contributed by atoms with Crippen LogP contribution in [0.2, 0.25) is 0 Å². The zero-order chi connectivity index (χ0) is 18.5. The molecule has 0 amide bonds. The number of nitrogens with one attached hydrogen (secondary N) is 1. The zero-order valence-electron chi connectivity index (χ0n) is 14.3.